The van der Waals surface area contributed by atoms with E-state index in [9.17, 15) is 9.59 Å². The van der Waals surface area contributed by atoms with E-state index in [0.717, 1.165) is 45.4 Å². The number of nitrogens with one attached hydrogen (secondary N) is 1. The van der Waals surface area contributed by atoms with E-state index >= 15 is 0 Å². The van der Waals surface area contributed by atoms with Crippen LogP contribution in [0.4, 0.5) is 0 Å². The second kappa shape index (κ2) is 9.04. The third-order valence-corrected chi connectivity index (χ3v) is 5.23. The minimum absolute atomic E-state index is 0.0399. The summed E-state index contributed by atoms with van der Waals surface area (Å²) in [7, 11) is 0. The molecule has 1 aliphatic carbocycles. The third-order valence-electron chi connectivity index (χ3n) is 5.23. The van der Waals surface area contributed by atoms with Gasteiger partial charge in [-0.1, -0.05) is 19.3 Å². The van der Waals surface area contributed by atoms with Crippen LogP contribution in [-0.4, -0.2) is 60.4 Å². The first-order valence-electron chi connectivity index (χ1n) is 9.57. The van der Waals surface area contributed by atoms with Crippen molar-refractivity contribution in [3.05, 3.63) is 24.2 Å². The van der Waals surface area contributed by atoms with Gasteiger partial charge in [-0.2, -0.15) is 0 Å². The highest BCUT2D eigenvalue weighted by Gasteiger charge is 2.22. The van der Waals surface area contributed by atoms with Crippen molar-refractivity contribution >= 4 is 11.8 Å². The number of amides is 2. The highest BCUT2D eigenvalue weighted by molar-refractivity contribution is 5.91. The van der Waals surface area contributed by atoms with E-state index in [1.165, 1.54) is 25.5 Å². The Morgan fingerprint density at radius 1 is 1.08 bits per heavy atom. The van der Waals surface area contributed by atoms with Crippen LogP contribution in [0.2, 0.25) is 0 Å². The van der Waals surface area contributed by atoms with Crippen LogP contribution in [0.15, 0.2) is 22.8 Å². The molecule has 1 N–H and O–H groups in total. The molecule has 1 saturated heterocycles. The van der Waals surface area contributed by atoms with Gasteiger partial charge in [0, 0.05) is 38.6 Å². The van der Waals surface area contributed by atoms with Crippen molar-refractivity contribution in [2.75, 3.05) is 32.7 Å². The smallest absolute Gasteiger partial charge is 0.289 e. The molecule has 0 aromatic carbocycles. The molecule has 0 atom stereocenters. The molecule has 138 valence electrons. The number of rotatable bonds is 5. The summed E-state index contributed by atoms with van der Waals surface area (Å²) in [6.45, 7) is 3.93. The number of furan rings is 1. The summed E-state index contributed by atoms with van der Waals surface area (Å²) < 4.78 is 5.21. The summed E-state index contributed by atoms with van der Waals surface area (Å²) in [5.41, 5.74) is 0. The monoisotopic (exact) mass is 347 g/mol. The summed E-state index contributed by atoms with van der Waals surface area (Å²) in [6, 6.07) is 3.83. The fourth-order valence-corrected chi connectivity index (χ4v) is 3.76. The lowest BCUT2D eigenvalue weighted by Crippen LogP contribution is -2.39. The molecule has 6 heteroatoms. The van der Waals surface area contributed by atoms with E-state index < -0.39 is 0 Å². The van der Waals surface area contributed by atoms with Crippen LogP contribution in [0.5, 0.6) is 0 Å². The maximum absolute atomic E-state index is 12.4. The molecule has 25 heavy (non-hydrogen) atoms. The first-order chi connectivity index (χ1) is 12.2. The average molecular weight is 347 g/mol. The van der Waals surface area contributed by atoms with Gasteiger partial charge in [0.15, 0.2) is 5.76 Å². The molecule has 2 heterocycles. The molecule has 0 radical (unpaired) electrons. The predicted octanol–water partition coefficient (Wildman–Crippen LogP) is 2.27. The summed E-state index contributed by atoms with van der Waals surface area (Å²) in [6.07, 6.45) is 9.01. The van der Waals surface area contributed by atoms with Crippen molar-refractivity contribution in [1.82, 2.24) is 15.1 Å². The van der Waals surface area contributed by atoms with Crippen LogP contribution in [-0.2, 0) is 4.79 Å². The van der Waals surface area contributed by atoms with Gasteiger partial charge in [-0.3, -0.25) is 9.59 Å². The molecule has 2 fully saturated rings. The van der Waals surface area contributed by atoms with Crippen LogP contribution in [0, 0.1) is 0 Å². The molecular formula is C19H29N3O3. The topological polar surface area (TPSA) is 65.8 Å². The second-order valence-electron chi connectivity index (χ2n) is 7.12. The van der Waals surface area contributed by atoms with Gasteiger partial charge in [-0.25, -0.2) is 0 Å². The zero-order valence-electron chi connectivity index (χ0n) is 14.9. The Hall–Kier alpha value is -1.82. The Labute approximate surface area is 149 Å². The summed E-state index contributed by atoms with van der Waals surface area (Å²) in [4.78, 5) is 28.6. The normalized spacial score (nSPS) is 20.2. The van der Waals surface area contributed by atoms with E-state index in [4.69, 9.17) is 4.42 Å². The van der Waals surface area contributed by atoms with Gasteiger partial charge in [0.25, 0.3) is 5.91 Å². The Bertz CT molecular complexity index is 552. The molecule has 0 bridgehead atoms. The number of carbonyl (C=O) groups excluding carboxylic acids is 2. The number of hydrogen-bond donors (Lipinski definition) is 1. The standard InChI is InChI=1S/C19H29N3O3/c23-18(20-16-6-2-1-3-7-16)9-12-21-10-5-11-22(14-13-21)19(24)17-8-4-15-25-17/h4,8,15-16H,1-3,5-7,9-14H2,(H,20,23). The number of nitrogens with zero attached hydrogens (tertiary/aromatic N) is 2. The van der Waals surface area contributed by atoms with E-state index in [2.05, 4.69) is 10.2 Å². The molecule has 1 aromatic rings. The Morgan fingerprint density at radius 2 is 1.92 bits per heavy atom. The number of carbonyl (C=O) groups is 2. The lowest BCUT2D eigenvalue weighted by atomic mass is 9.95. The van der Waals surface area contributed by atoms with Gasteiger partial charge in [0.1, 0.15) is 0 Å². The van der Waals surface area contributed by atoms with Crippen molar-refractivity contribution in [3.63, 3.8) is 0 Å². The number of hydrogen-bond acceptors (Lipinski definition) is 4. The van der Waals surface area contributed by atoms with E-state index in [0.29, 0.717) is 24.8 Å². The Balaban J connectivity index is 1.39. The Morgan fingerprint density at radius 3 is 2.68 bits per heavy atom. The summed E-state index contributed by atoms with van der Waals surface area (Å²) in [5, 5.41) is 3.18. The lowest BCUT2D eigenvalue weighted by Gasteiger charge is -2.24. The van der Waals surface area contributed by atoms with Crippen molar-refractivity contribution in [2.45, 2.75) is 51.0 Å². The van der Waals surface area contributed by atoms with Gasteiger partial charge in [0.2, 0.25) is 5.91 Å². The average Bonchev–Trinajstić information content (AvgIpc) is 3.06. The maximum atomic E-state index is 12.4. The summed E-state index contributed by atoms with van der Waals surface area (Å²) in [5.74, 6) is 0.530. The molecule has 2 aliphatic rings. The SMILES string of the molecule is O=C(CCN1CCCN(C(=O)c2ccco2)CC1)NC1CCCCC1. The summed E-state index contributed by atoms with van der Waals surface area (Å²) >= 11 is 0. The predicted molar refractivity (Wildman–Crippen MR) is 95.3 cm³/mol. The third kappa shape index (κ3) is 5.33. The molecule has 1 aromatic heterocycles. The van der Waals surface area contributed by atoms with Crippen LogP contribution in [0.3, 0.4) is 0 Å². The quantitative estimate of drug-likeness (QED) is 0.887. The minimum atomic E-state index is -0.0399. The lowest BCUT2D eigenvalue weighted by molar-refractivity contribution is -0.122. The van der Waals surface area contributed by atoms with Crippen LogP contribution in [0.25, 0.3) is 0 Å². The highest BCUT2D eigenvalue weighted by atomic mass is 16.3. The van der Waals surface area contributed by atoms with Crippen molar-refractivity contribution < 1.29 is 14.0 Å². The van der Waals surface area contributed by atoms with Crippen LogP contribution < -0.4 is 5.32 Å². The van der Waals surface area contributed by atoms with Gasteiger partial charge in [0.05, 0.1) is 6.26 Å². The molecule has 2 amide bonds. The van der Waals surface area contributed by atoms with Gasteiger partial charge in [-0.15, -0.1) is 0 Å². The minimum Gasteiger partial charge on any atom is -0.459 e. The molecule has 1 saturated carbocycles. The first-order valence-corrected chi connectivity index (χ1v) is 9.57. The maximum Gasteiger partial charge on any atom is 0.289 e. The van der Waals surface area contributed by atoms with Crippen LogP contribution >= 0.6 is 0 Å². The van der Waals surface area contributed by atoms with E-state index in [1.807, 2.05) is 4.90 Å². The van der Waals surface area contributed by atoms with Crippen molar-refractivity contribution in [1.29, 1.82) is 0 Å². The van der Waals surface area contributed by atoms with Gasteiger partial charge >= 0.3 is 0 Å². The molecule has 0 spiro atoms. The second-order valence-corrected chi connectivity index (χ2v) is 7.12. The molecular weight excluding hydrogens is 318 g/mol. The molecule has 1 aliphatic heterocycles. The van der Waals surface area contributed by atoms with Crippen molar-refractivity contribution in [2.24, 2.45) is 0 Å². The first kappa shape index (κ1) is 18.0. The largest absolute Gasteiger partial charge is 0.459 e. The van der Waals surface area contributed by atoms with E-state index in [1.54, 1.807) is 12.1 Å². The zero-order valence-corrected chi connectivity index (χ0v) is 14.9. The molecule has 0 unspecified atom stereocenters. The van der Waals surface area contributed by atoms with Crippen molar-refractivity contribution in [3.8, 4) is 0 Å². The van der Waals surface area contributed by atoms with Gasteiger partial charge < -0.3 is 19.5 Å². The van der Waals surface area contributed by atoms with Crippen LogP contribution in [0.1, 0.15) is 55.5 Å². The molecule has 6 nitrogen and oxygen atoms in total. The van der Waals surface area contributed by atoms with Gasteiger partial charge in [-0.05, 0) is 37.9 Å². The molecule has 3 rings (SSSR count). The fourth-order valence-electron chi connectivity index (χ4n) is 3.76. The highest BCUT2D eigenvalue weighted by Crippen LogP contribution is 2.17. The van der Waals surface area contributed by atoms with E-state index in [-0.39, 0.29) is 11.8 Å². The Kier molecular flexibility index (Phi) is 6.50. The zero-order chi connectivity index (χ0) is 17.5. The fraction of sp³-hybridized carbons (Fsp3) is 0.684.